The van der Waals surface area contributed by atoms with Gasteiger partial charge in [-0.25, -0.2) is 0 Å². The van der Waals surface area contributed by atoms with Crippen molar-refractivity contribution in [1.82, 2.24) is 4.90 Å². The van der Waals surface area contributed by atoms with Gasteiger partial charge < -0.3 is 14.7 Å². The minimum atomic E-state index is -0.843. The molecule has 5 heteroatoms. The molecule has 1 heterocycles. The molecule has 0 bridgehead atoms. The average molecular weight is 291 g/mol. The van der Waals surface area contributed by atoms with E-state index in [0.29, 0.717) is 12.3 Å². The van der Waals surface area contributed by atoms with Crippen LogP contribution in [0, 0.1) is 18.8 Å². The number of carboxylic acids is 1. The van der Waals surface area contributed by atoms with Crippen molar-refractivity contribution in [3.05, 3.63) is 29.8 Å². The minimum absolute atomic E-state index is 0.0300. The van der Waals surface area contributed by atoms with E-state index in [1.807, 2.05) is 38.1 Å². The maximum absolute atomic E-state index is 12.4. The molecule has 3 atom stereocenters. The number of carboxylic acid groups (broad SMARTS) is 1. The second-order valence-corrected chi connectivity index (χ2v) is 5.74. The van der Waals surface area contributed by atoms with Crippen molar-refractivity contribution >= 4 is 11.9 Å². The second kappa shape index (κ2) is 6.16. The molecule has 1 unspecified atom stereocenters. The molecule has 1 N–H and O–H groups in total. The molecule has 1 aliphatic rings. The van der Waals surface area contributed by atoms with Crippen LogP contribution in [0.2, 0.25) is 0 Å². The molecule has 114 valence electrons. The number of carbonyl (C=O) groups is 2. The Kier molecular flexibility index (Phi) is 4.50. The molecule has 0 radical (unpaired) electrons. The molecule has 1 amide bonds. The fourth-order valence-electron chi connectivity index (χ4n) is 2.67. The molecular weight excluding hydrogens is 270 g/mol. The van der Waals surface area contributed by atoms with E-state index in [0.717, 1.165) is 5.56 Å². The highest BCUT2D eigenvalue weighted by Gasteiger charge is 2.38. The van der Waals surface area contributed by atoms with Crippen molar-refractivity contribution in [2.24, 2.45) is 11.8 Å². The number of aryl methyl sites for hydroxylation is 1. The van der Waals surface area contributed by atoms with E-state index in [1.54, 1.807) is 11.8 Å². The number of carbonyl (C=O) groups excluding carboxylic acids is 1. The summed E-state index contributed by atoms with van der Waals surface area (Å²) in [6, 6.07) is 7.51. The first-order chi connectivity index (χ1) is 9.88. The Hall–Kier alpha value is -2.04. The number of hydrogen-bond donors (Lipinski definition) is 1. The number of ether oxygens (including phenoxy) is 1. The number of likely N-dealkylation sites (tertiary alicyclic amines) is 1. The summed E-state index contributed by atoms with van der Waals surface area (Å²) in [6.45, 7) is 6.24. The molecule has 21 heavy (non-hydrogen) atoms. The fraction of sp³-hybridized carbons (Fsp3) is 0.500. The predicted molar refractivity (Wildman–Crippen MR) is 78.1 cm³/mol. The van der Waals surface area contributed by atoms with E-state index in [1.165, 1.54) is 0 Å². The lowest BCUT2D eigenvalue weighted by Gasteiger charge is -2.21. The predicted octanol–water partition coefficient (Wildman–Crippen LogP) is 1.94. The van der Waals surface area contributed by atoms with Crippen LogP contribution in [-0.2, 0) is 9.59 Å². The van der Waals surface area contributed by atoms with Crippen LogP contribution >= 0.6 is 0 Å². The summed E-state index contributed by atoms with van der Waals surface area (Å²) < 4.78 is 5.66. The molecule has 1 aromatic carbocycles. The van der Waals surface area contributed by atoms with Crippen LogP contribution in [0.3, 0.4) is 0 Å². The van der Waals surface area contributed by atoms with Gasteiger partial charge in [0.05, 0.1) is 5.92 Å². The zero-order chi connectivity index (χ0) is 15.6. The fourth-order valence-corrected chi connectivity index (χ4v) is 2.67. The monoisotopic (exact) mass is 291 g/mol. The Labute approximate surface area is 124 Å². The van der Waals surface area contributed by atoms with E-state index in [4.69, 9.17) is 9.84 Å². The highest BCUT2D eigenvalue weighted by atomic mass is 16.5. The summed E-state index contributed by atoms with van der Waals surface area (Å²) in [5.74, 6) is -0.868. The van der Waals surface area contributed by atoms with Crippen molar-refractivity contribution in [2.45, 2.75) is 26.9 Å². The first-order valence-corrected chi connectivity index (χ1v) is 7.13. The molecule has 1 fully saturated rings. The average Bonchev–Trinajstić information content (AvgIpc) is 2.80. The maximum Gasteiger partial charge on any atom is 0.308 e. The molecule has 0 saturated carbocycles. The van der Waals surface area contributed by atoms with E-state index < -0.39 is 18.0 Å². The zero-order valence-corrected chi connectivity index (χ0v) is 12.6. The lowest BCUT2D eigenvalue weighted by atomic mass is 9.99. The highest BCUT2D eigenvalue weighted by molar-refractivity contribution is 5.82. The van der Waals surface area contributed by atoms with Crippen LogP contribution < -0.4 is 4.74 Å². The molecule has 0 aliphatic carbocycles. The Morgan fingerprint density at radius 2 is 2.10 bits per heavy atom. The summed E-state index contributed by atoms with van der Waals surface area (Å²) in [4.78, 5) is 25.1. The van der Waals surface area contributed by atoms with Crippen LogP contribution in [0.25, 0.3) is 0 Å². The van der Waals surface area contributed by atoms with Crippen LogP contribution in [0.4, 0.5) is 0 Å². The van der Waals surface area contributed by atoms with E-state index in [9.17, 15) is 9.59 Å². The van der Waals surface area contributed by atoms with E-state index >= 15 is 0 Å². The van der Waals surface area contributed by atoms with Crippen LogP contribution in [0.5, 0.6) is 5.75 Å². The first-order valence-electron chi connectivity index (χ1n) is 7.13. The highest BCUT2D eigenvalue weighted by Crippen LogP contribution is 2.24. The van der Waals surface area contributed by atoms with Crippen molar-refractivity contribution in [1.29, 1.82) is 0 Å². The van der Waals surface area contributed by atoms with E-state index in [-0.39, 0.29) is 18.4 Å². The first kappa shape index (κ1) is 15.4. The van der Waals surface area contributed by atoms with Crippen LogP contribution in [-0.4, -0.2) is 41.1 Å². The molecule has 5 nitrogen and oxygen atoms in total. The largest absolute Gasteiger partial charge is 0.481 e. The smallest absolute Gasteiger partial charge is 0.308 e. The Balaban J connectivity index is 1.99. The molecule has 0 aromatic heterocycles. The van der Waals surface area contributed by atoms with Crippen molar-refractivity contribution < 1.29 is 19.4 Å². The molecule has 1 aromatic rings. The number of aliphatic carboxylic acids is 1. The number of nitrogens with zero attached hydrogens (tertiary/aromatic N) is 1. The van der Waals surface area contributed by atoms with Crippen molar-refractivity contribution in [3.63, 3.8) is 0 Å². The van der Waals surface area contributed by atoms with Gasteiger partial charge in [-0.15, -0.1) is 0 Å². The van der Waals surface area contributed by atoms with Crippen LogP contribution in [0.1, 0.15) is 19.4 Å². The SMILES string of the molecule is Cc1cccc(OC(C)C(=O)N2C[C@@H](C)[C@H](C(=O)O)C2)c1. The van der Waals surface area contributed by atoms with Gasteiger partial charge in [0.15, 0.2) is 6.10 Å². The van der Waals surface area contributed by atoms with Gasteiger partial charge in [-0.2, -0.15) is 0 Å². The summed E-state index contributed by atoms with van der Waals surface area (Å²) in [6.07, 6.45) is -0.619. The third kappa shape index (κ3) is 3.54. The number of amides is 1. The third-order valence-corrected chi connectivity index (χ3v) is 3.89. The Bertz CT molecular complexity index is 543. The molecule has 1 aliphatic heterocycles. The van der Waals surface area contributed by atoms with Gasteiger partial charge >= 0.3 is 5.97 Å². The van der Waals surface area contributed by atoms with Gasteiger partial charge in [0, 0.05) is 13.1 Å². The number of rotatable bonds is 4. The summed E-state index contributed by atoms with van der Waals surface area (Å²) >= 11 is 0. The molecular formula is C16H21NO4. The van der Waals surface area contributed by atoms with Gasteiger partial charge in [-0.1, -0.05) is 19.1 Å². The number of benzene rings is 1. The molecule has 2 rings (SSSR count). The Morgan fingerprint density at radius 1 is 1.38 bits per heavy atom. The topological polar surface area (TPSA) is 66.8 Å². The summed E-state index contributed by atoms with van der Waals surface area (Å²) in [5, 5.41) is 9.12. The maximum atomic E-state index is 12.4. The molecule has 1 saturated heterocycles. The Morgan fingerprint density at radius 3 is 2.67 bits per heavy atom. The standard InChI is InChI=1S/C16H21NO4/c1-10-5-4-6-13(7-10)21-12(3)15(18)17-8-11(2)14(9-17)16(19)20/h4-7,11-12,14H,8-9H2,1-3H3,(H,19,20)/t11-,12?,14-/m1/s1. The molecule has 0 spiro atoms. The number of hydrogen-bond acceptors (Lipinski definition) is 3. The van der Waals surface area contributed by atoms with Gasteiger partial charge in [0.2, 0.25) is 0 Å². The van der Waals surface area contributed by atoms with Crippen LogP contribution in [0.15, 0.2) is 24.3 Å². The minimum Gasteiger partial charge on any atom is -0.481 e. The summed E-state index contributed by atoms with van der Waals surface area (Å²) in [7, 11) is 0. The lowest BCUT2D eigenvalue weighted by molar-refractivity contribution is -0.142. The second-order valence-electron chi connectivity index (χ2n) is 5.74. The zero-order valence-electron chi connectivity index (χ0n) is 12.6. The van der Waals surface area contributed by atoms with Crippen molar-refractivity contribution in [2.75, 3.05) is 13.1 Å². The summed E-state index contributed by atoms with van der Waals surface area (Å²) in [5.41, 5.74) is 1.06. The van der Waals surface area contributed by atoms with Gasteiger partial charge in [0.1, 0.15) is 5.75 Å². The van der Waals surface area contributed by atoms with Crippen molar-refractivity contribution in [3.8, 4) is 5.75 Å². The third-order valence-electron chi connectivity index (χ3n) is 3.89. The quantitative estimate of drug-likeness (QED) is 0.920. The van der Waals surface area contributed by atoms with Gasteiger partial charge in [-0.3, -0.25) is 9.59 Å². The van der Waals surface area contributed by atoms with Gasteiger partial charge in [0.25, 0.3) is 5.91 Å². The van der Waals surface area contributed by atoms with E-state index in [2.05, 4.69) is 0 Å². The lowest BCUT2D eigenvalue weighted by Crippen LogP contribution is -2.39. The normalized spacial score (nSPS) is 22.9. The van der Waals surface area contributed by atoms with Gasteiger partial charge in [-0.05, 0) is 37.5 Å².